The lowest BCUT2D eigenvalue weighted by Crippen LogP contribution is -2.59. The molecule has 4 fully saturated rings. The highest BCUT2D eigenvalue weighted by molar-refractivity contribution is 7.11. The second-order valence-corrected chi connectivity index (χ2v) is 18.7. The molecule has 3 saturated heterocycles. The van der Waals surface area contributed by atoms with E-state index in [-0.39, 0.29) is 96.8 Å². The number of hydrogen-bond donors (Lipinski definition) is 0. The van der Waals surface area contributed by atoms with Gasteiger partial charge in [-0.3, -0.25) is 9.59 Å². The number of Topliss-reactive ketones (excluding diaryl/α,β-unsaturated/α-hetero) is 1. The molecule has 0 amide bonds. The average Bonchev–Trinajstić information content (AvgIpc) is 3.87. The van der Waals surface area contributed by atoms with Crippen molar-refractivity contribution in [3.05, 3.63) is 27.2 Å². The van der Waals surface area contributed by atoms with Crippen LogP contribution < -0.4 is 0 Å². The van der Waals surface area contributed by atoms with Gasteiger partial charge in [0.1, 0.15) is 24.4 Å². The van der Waals surface area contributed by atoms with Crippen molar-refractivity contribution in [2.24, 2.45) is 23.7 Å². The molecule has 1 aromatic heterocycles. The summed E-state index contributed by atoms with van der Waals surface area (Å²) in [6.45, 7) is 10.2. The highest BCUT2D eigenvalue weighted by Crippen LogP contribution is 2.62. The average molecular weight is 803 g/mol. The number of aromatic nitrogens is 1. The lowest BCUT2D eigenvalue weighted by molar-refractivity contribution is -0.314. The van der Waals surface area contributed by atoms with E-state index in [1.807, 2.05) is 13.8 Å². The fourth-order valence-electron chi connectivity index (χ4n) is 11.2. The summed E-state index contributed by atoms with van der Waals surface area (Å²) in [6.07, 6.45) is 5.75. The second kappa shape index (κ2) is 17.8. The van der Waals surface area contributed by atoms with Crippen LogP contribution in [0.4, 0.5) is 0 Å². The van der Waals surface area contributed by atoms with E-state index >= 15 is 0 Å². The van der Waals surface area contributed by atoms with E-state index in [0.29, 0.717) is 12.5 Å². The van der Waals surface area contributed by atoms with E-state index < -0.39 is 18.3 Å². The minimum Gasteiger partial charge on any atom is -0.462 e. The number of likely N-dealkylation sites (N-methyl/N-ethyl adjacent to an activating group) is 1. The van der Waals surface area contributed by atoms with Crippen molar-refractivity contribution in [1.29, 1.82) is 0 Å². The smallest absolute Gasteiger partial charge is 0.306 e. The van der Waals surface area contributed by atoms with Crippen molar-refractivity contribution in [3.63, 3.8) is 0 Å². The highest BCUT2D eigenvalue weighted by Gasteiger charge is 2.57. The van der Waals surface area contributed by atoms with E-state index in [9.17, 15) is 9.59 Å². The van der Waals surface area contributed by atoms with Crippen LogP contribution in [0.5, 0.6) is 0 Å². The number of hydrogen-bond acceptors (Lipinski definition) is 13. The maximum absolute atomic E-state index is 15.0. The highest BCUT2D eigenvalue weighted by atomic mass is 32.1. The van der Waals surface area contributed by atoms with Gasteiger partial charge in [0, 0.05) is 55.9 Å². The van der Waals surface area contributed by atoms with Crippen molar-refractivity contribution in [1.82, 2.24) is 9.88 Å². The van der Waals surface area contributed by atoms with E-state index in [2.05, 4.69) is 45.8 Å². The van der Waals surface area contributed by atoms with E-state index in [1.54, 1.807) is 32.7 Å². The molecule has 0 spiro atoms. The molecule has 4 heterocycles. The van der Waals surface area contributed by atoms with Gasteiger partial charge in [-0.15, -0.1) is 11.3 Å². The number of rotatable bonds is 9. The Labute approximate surface area is 337 Å². The zero-order valence-corrected chi connectivity index (χ0v) is 36.0. The molecular weight excluding hydrogens is 737 g/mol. The molecule has 7 rings (SSSR count). The number of cyclic esters (lactones) is 1. The Morgan fingerprint density at radius 1 is 0.893 bits per heavy atom. The number of carbonyl (C=O) groups is 2. The van der Waals surface area contributed by atoms with Crippen molar-refractivity contribution < 1.29 is 47.5 Å². The normalized spacial score (nSPS) is 43.2. The lowest BCUT2D eigenvalue weighted by atomic mass is 9.67. The van der Waals surface area contributed by atoms with Crippen LogP contribution in [-0.4, -0.2) is 125 Å². The van der Waals surface area contributed by atoms with Gasteiger partial charge in [-0.2, -0.15) is 0 Å². The Morgan fingerprint density at radius 3 is 2.32 bits per heavy atom. The minimum atomic E-state index is -0.627. The number of fused-ring (bicyclic) bond motifs is 8. The Kier molecular flexibility index (Phi) is 13.5. The van der Waals surface area contributed by atoms with Crippen molar-refractivity contribution >= 4 is 23.1 Å². The number of ketones is 1. The summed E-state index contributed by atoms with van der Waals surface area (Å²) in [6, 6.07) is 0.326. The molecule has 3 aliphatic carbocycles. The number of methoxy groups -OCH3 is 3. The van der Waals surface area contributed by atoms with Crippen LogP contribution in [0, 0.1) is 30.6 Å². The molecule has 13 heteroatoms. The maximum Gasteiger partial charge on any atom is 0.306 e. The van der Waals surface area contributed by atoms with Gasteiger partial charge in [-0.05, 0) is 104 Å². The summed E-state index contributed by atoms with van der Waals surface area (Å²) in [5.41, 5.74) is 1.77. The zero-order valence-electron chi connectivity index (χ0n) is 35.1. The fraction of sp³-hybridized carbons (Fsp3) is 0.837. The lowest BCUT2D eigenvalue weighted by Gasteiger charge is -2.44. The molecular formula is C43H66N2O10S. The molecule has 12 nitrogen and oxygen atoms in total. The van der Waals surface area contributed by atoms with Crippen LogP contribution in [0.25, 0.3) is 0 Å². The summed E-state index contributed by atoms with van der Waals surface area (Å²) in [4.78, 5) is 37.4. The molecule has 1 saturated carbocycles. The molecule has 1 aromatic rings. The van der Waals surface area contributed by atoms with Crippen LogP contribution in [0.1, 0.15) is 113 Å². The molecule has 314 valence electrons. The topological polar surface area (TPSA) is 124 Å². The standard InChI is InChI=1S/C43H66N2O10S/c1-11-25-13-12-14-33(55-35-16-15-32(45(6)7)22(3)51-35)21(2)38(47)30-19-28-27-17-26(54-43-41(50-10)40(49-9)39(48-8)23(4)52-43)18-31(27)42-37(44-24(5)56-42)36(28)29(30)20-34(46)53-25/h19,21-23,25-29,31-33,35-36,39-41,43H,11-18,20H2,1-10H3/t21-,22?,23?,25+,26+,27+,28+,29-,31-,32+,33+,35+,36-,39+,40?,41+,43+/m1/s1. The van der Waals surface area contributed by atoms with Crippen LogP contribution in [0.2, 0.25) is 0 Å². The summed E-state index contributed by atoms with van der Waals surface area (Å²) >= 11 is 1.75. The first-order valence-corrected chi connectivity index (χ1v) is 22.0. The predicted molar refractivity (Wildman–Crippen MR) is 210 cm³/mol. The first-order chi connectivity index (χ1) is 26.9. The van der Waals surface area contributed by atoms with Crippen LogP contribution in [0.15, 0.2) is 11.6 Å². The van der Waals surface area contributed by atoms with Crippen molar-refractivity contribution in [3.8, 4) is 0 Å². The van der Waals surface area contributed by atoms with Gasteiger partial charge < -0.3 is 42.8 Å². The summed E-state index contributed by atoms with van der Waals surface area (Å²) in [5, 5.41) is 0.998. The van der Waals surface area contributed by atoms with E-state index in [1.165, 1.54) is 4.88 Å². The monoisotopic (exact) mass is 802 g/mol. The number of carbonyl (C=O) groups excluding carboxylic acids is 2. The molecule has 3 aliphatic heterocycles. The first kappa shape index (κ1) is 42.3. The molecule has 6 aliphatic rings. The third kappa shape index (κ3) is 8.19. The van der Waals surface area contributed by atoms with E-state index in [4.69, 9.17) is 42.9 Å². The third-order valence-electron chi connectivity index (χ3n) is 14.0. The molecule has 0 N–H and O–H groups in total. The predicted octanol–water partition coefficient (Wildman–Crippen LogP) is 6.33. The van der Waals surface area contributed by atoms with Gasteiger partial charge in [0.05, 0.1) is 41.5 Å². The van der Waals surface area contributed by atoms with Gasteiger partial charge in [-0.1, -0.05) is 19.9 Å². The number of aryl methyl sites for hydroxylation is 1. The van der Waals surface area contributed by atoms with Gasteiger partial charge in [0.25, 0.3) is 0 Å². The quantitative estimate of drug-likeness (QED) is 0.259. The first-order valence-electron chi connectivity index (χ1n) is 21.2. The largest absolute Gasteiger partial charge is 0.462 e. The van der Waals surface area contributed by atoms with Crippen LogP contribution >= 0.6 is 11.3 Å². The zero-order chi connectivity index (χ0) is 40.0. The maximum atomic E-state index is 15.0. The second-order valence-electron chi connectivity index (χ2n) is 17.5. The summed E-state index contributed by atoms with van der Waals surface area (Å²) in [5.74, 6) is -0.564. The number of ether oxygens (including phenoxy) is 8. The van der Waals surface area contributed by atoms with Crippen molar-refractivity contribution in [2.75, 3.05) is 35.4 Å². The van der Waals surface area contributed by atoms with Crippen molar-refractivity contribution in [2.45, 2.75) is 172 Å². The molecule has 0 aromatic carbocycles. The molecule has 0 radical (unpaired) electrons. The SMILES string of the molecule is CC[C@H]1CCC[C@H](O[C@H]2CC[C@H](N(C)C)C(C)O2)[C@@H](C)C(=O)C2=C[C@H]3[C@@H]4C[C@H](O[C@@H]5OC(C)[C@H](OC)C(OC)[C@@H]5OC)C[C@H]4c4sc(C)nc4[C@H]3[C@@H]2CC(=O)O1. The van der Waals surface area contributed by atoms with Gasteiger partial charge in [-0.25, -0.2) is 4.98 Å². The minimum absolute atomic E-state index is 0.0231. The Hall–Kier alpha value is -1.81. The summed E-state index contributed by atoms with van der Waals surface area (Å²) < 4.78 is 50.1. The molecule has 17 atom stereocenters. The van der Waals surface area contributed by atoms with Crippen LogP contribution in [0.3, 0.4) is 0 Å². The Bertz CT molecular complexity index is 1570. The third-order valence-corrected chi connectivity index (χ3v) is 15.1. The molecule has 56 heavy (non-hydrogen) atoms. The number of nitrogens with zero attached hydrogens (tertiary/aromatic N) is 2. The fourth-order valence-corrected chi connectivity index (χ4v) is 12.4. The number of esters is 1. The summed E-state index contributed by atoms with van der Waals surface area (Å²) in [7, 11) is 9.16. The Balaban J connectivity index is 1.18. The van der Waals surface area contributed by atoms with Gasteiger partial charge in [0.15, 0.2) is 18.4 Å². The number of allylic oxidation sites excluding steroid dienone is 2. The number of thiazole rings is 1. The van der Waals surface area contributed by atoms with Crippen LogP contribution in [-0.2, 0) is 47.5 Å². The van der Waals surface area contributed by atoms with Gasteiger partial charge >= 0.3 is 5.97 Å². The molecule has 3 unspecified atom stereocenters. The van der Waals surface area contributed by atoms with Gasteiger partial charge in [0.2, 0.25) is 0 Å². The Morgan fingerprint density at radius 2 is 1.64 bits per heavy atom. The molecule has 0 bridgehead atoms. The van der Waals surface area contributed by atoms with E-state index in [0.717, 1.165) is 61.2 Å².